The number of rotatable bonds is 8. The summed E-state index contributed by atoms with van der Waals surface area (Å²) in [5, 5.41) is 14.3. The summed E-state index contributed by atoms with van der Waals surface area (Å²) >= 11 is 1.79. The fourth-order valence-corrected chi connectivity index (χ4v) is 1.65. The van der Waals surface area contributed by atoms with E-state index in [0.29, 0.717) is 24.8 Å². The first-order valence-corrected chi connectivity index (χ1v) is 6.42. The summed E-state index contributed by atoms with van der Waals surface area (Å²) in [5.74, 6) is 0.0516. The number of hydrogen-bond acceptors (Lipinski definition) is 3. The van der Waals surface area contributed by atoms with Gasteiger partial charge in [-0.2, -0.15) is 11.8 Å². The molecule has 0 aliphatic carbocycles. The van der Waals surface area contributed by atoms with Crippen LogP contribution in [-0.2, 0) is 4.79 Å². The molecule has 0 atom stereocenters. The van der Waals surface area contributed by atoms with Gasteiger partial charge in [-0.15, -0.1) is 0 Å². The van der Waals surface area contributed by atoms with Gasteiger partial charge in [0.2, 0.25) is 0 Å². The molecule has 0 fully saturated rings. The number of carbonyl (C=O) groups excluding carboxylic acids is 1. The van der Waals surface area contributed by atoms with Gasteiger partial charge >= 0.3 is 12.0 Å². The molecular formula is C10H20N2O3S. The molecule has 0 aromatic rings. The molecule has 0 saturated carbocycles. The number of aliphatic carboxylic acids is 1. The first-order chi connectivity index (χ1) is 7.52. The lowest BCUT2D eigenvalue weighted by Gasteiger charge is -2.08. The molecule has 0 heterocycles. The number of carboxylic acids is 1. The lowest BCUT2D eigenvalue weighted by molar-refractivity contribution is -0.137. The van der Waals surface area contributed by atoms with Crippen LogP contribution in [0.3, 0.4) is 0 Å². The molecular weight excluding hydrogens is 228 g/mol. The third-order valence-electron chi connectivity index (χ3n) is 1.69. The number of thioether (sulfide) groups is 1. The molecule has 0 spiro atoms. The molecule has 16 heavy (non-hydrogen) atoms. The van der Waals surface area contributed by atoms with Gasteiger partial charge < -0.3 is 15.7 Å². The van der Waals surface area contributed by atoms with Gasteiger partial charge in [-0.25, -0.2) is 4.79 Å². The van der Waals surface area contributed by atoms with Crippen molar-refractivity contribution in [3.8, 4) is 0 Å². The zero-order valence-electron chi connectivity index (χ0n) is 9.78. The van der Waals surface area contributed by atoms with Gasteiger partial charge in [0.05, 0.1) is 0 Å². The molecule has 5 nitrogen and oxygen atoms in total. The fourth-order valence-electron chi connectivity index (χ4n) is 0.963. The van der Waals surface area contributed by atoms with Gasteiger partial charge in [0, 0.05) is 25.3 Å². The zero-order valence-corrected chi connectivity index (χ0v) is 10.6. The third kappa shape index (κ3) is 11.2. The van der Waals surface area contributed by atoms with Crippen LogP contribution in [0.25, 0.3) is 0 Å². The summed E-state index contributed by atoms with van der Waals surface area (Å²) in [5.41, 5.74) is 0. The molecule has 2 amide bonds. The monoisotopic (exact) mass is 248 g/mol. The first-order valence-electron chi connectivity index (χ1n) is 5.37. The molecule has 0 aliphatic rings. The quantitative estimate of drug-likeness (QED) is 0.566. The van der Waals surface area contributed by atoms with Crippen LogP contribution in [0.1, 0.15) is 26.7 Å². The van der Waals surface area contributed by atoms with Crippen molar-refractivity contribution in [2.75, 3.05) is 18.8 Å². The van der Waals surface area contributed by atoms with Crippen molar-refractivity contribution in [2.45, 2.75) is 31.9 Å². The van der Waals surface area contributed by atoms with Crippen molar-refractivity contribution in [2.24, 2.45) is 0 Å². The highest BCUT2D eigenvalue weighted by Crippen LogP contribution is 2.06. The smallest absolute Gasteiger partial charge is 0.314 e. The Hall–Kier alpha value is -0.910. The van der Waals surface area contributed by atoms with Crippen molar-refractivity contribution in [1.29, 1.82) is 0 Å². The normalized spacial score (nSPS) is 10.2. The molecule has 0 unspecified atom stereocenters. The lowest BCUT2D eigenvalue weighted by Crippen LogP contribution is -2.37. The second-order valence-electron chi connectivity index (χ2n) is 3.60. The summed E-state index contributed by atoms with van der Waals surface area (Å²) < 4.78 is 0. The SMILES string of the molecule is CC(C)SCCNC(=O)NCCCC(=O)O. The largest absolute Gasteiger partial charge is 0.481 e. The van der Waals surface area contributed by atoms with Gasteiger partial charge in [-0.3, -0.25) is 4.79 Å². The van der Waals surface area contributed by atoms with Crippen LogP contribution < -0.4 is 10.6 Å². The number of urea groups is 1. The molecule has 3 N–H and O–H groups in total. The Morgan fingerprint density at radius 2 is 1.88 bits per heavy atom. The van der Waals surface area contributed by atoms with E-state index >= 15 is 0 Å². The average Bonchev–Trinajstić information content (AvgIpc) is 2.19. The fraction of sp³-hybridized carbons (Fsp3) is 0.800. The molecule has 0 aromatic heterocycles. The molecule has 6 heteroatoms. The second-order valence-corrected chi connectivity index (χ2v) is 5.28. The Morgan fingerprint density at radius 1 is 1.25 bits per heavy atom. The molecule has 0 aromatic carbocycles. The standard InChI is InChI=1S/C10H20N2O3S/c1-8(2)16-7-6-12-10(15)11-5-3-4-9(13)14/h8H,3-7H2,1-2H3,(H,13,14)(H2,11,12,15). The van der Waals surface area contributed by atoms with Crippen LogP contribution in [0.2, 0.25) is 0 Å². The minimum absolute atomic E-state index is 0.0868. The molecule has 0 rings (SSSR count). The number of hydrogen-bond donors (Lipinski definition) is 3. The van der Waals surface area contributed by atoms with E-state index in [-0.39, 0.29) is 12.5 Å². The summed E-state index contributed by atoms with van der Waals surface area (Å²) in [7, 11) is 0. The van der Waals surface area contributed by atoms with E-state index in [0.717, 1.165) is 5.75 Å². The van der Waals surface area contributed by atoms with E-state index in [4.69, 9.17) is 5.11 Å². The van der Waals surface area contributed by atoms with E-state index in [1.807, 2.05) is 0 Å². The predicted molar refractivity (Wildman–Crippen MR) is 65.9 cm³/mol. The number of amides is 2. The highest BCUT2D eigenvalue weighted by atomic mass is 32.2. The second kappa shape index (κ2) is 9.33. The van der Waals surface area contributed by atoms with Gasteiger partial charge in [-0.1, -0.05) is 13.8 Å². The highest BCUT2D eigenvalue weighted by Gasteiger charge is 2.01. The maximum Gasteiger partial charge on any atom is 0.314 e. The highest BCUT2D eigenvalue weighted by molar-refractivity contribution is 7.99. The number of carboxylic acid groups (broad SMARTS) is 1. The van der Waals surface area contributed by atoms with Crippen LogP contribution in [0.4, 0.5) is 4.79 Å². The molecule has 0 radical (unpaired) electrons. The predicted octanol–water partition coefficient (Wildman–Crippen LogP) is 1.29. The molecule has 0 saturated heterocycles. The Labute approximate surface area is 100 Å². The molecule has 0 bridgehead atoms. The van der Waals surface area contributed by atoms with Crippen molar-refractivity contribution in [3.63, 3.8) is 0 Å². The Morgan fingerprint density at radius 3 is 2.44 bits per heavy atom. The van der Waals surface area contributed by atoms with Crippen molar-refractivity contribution >= 4 is 23.8 Å². The van der Waals surface area contributed by atoms with E-state index in [2.05, 4.69) is 24.5 Å². The lowest BCUT2D eigenvalue weighted by atomic mass is 10.3. The van der Waals surface area contributed by atoms with Gasteiger partial charge in [0.15, 0.2) is 0 Å². The van der Waals surface area contributed by atoms with Crippen molar-refractivity contribution in [1.82, 2.24) is 10.6 Å². The minimum Gasteiger partial charge on any atom is -0.481 e. The van der Waals surface area contributed by atoms with E-state index in [1.54, 1.807) is 11.8 Å². The third-order valence-corrected chi connectivity index (χ3v) is 2.80. The van der Waals surface area contributed by atoms with Gasteiger partial charge in [0.1, 0.15) is 0 Å². The zero-order chi connectivity index (χ0) is 12.4. The van der Waals surface area contributed by atoms with Crippen molar-refractivity contribution < 1.29 is 14.7 Å². The van der Waals surface area contributed by atoms with Gasteiger partial charge in [0.25, 0.3) is 0 Å². The maximum absolute atomic E-state index is 11.2. The Balaban J connectivity index is 3.28. The number of carbonyl (C=O) groups is 2. The van der Waals surface area contributed by atoms with Crippen molar-refractivity contribution in [3.05, 3.63) is 0 Å². The maximum atomic E-state index is 11.2. The van der Waals surface area contributed by atoms with Crippen LogP contribution in [-0.4, -0.2) is 41.2 Å². The van der Waals surface area contributed by atoms with E-state index < -0.39 is 5.97 Å². The van der Waals surface area contributed by atoms with Crippen LogP contribution in [0, 0.1) is 0 Å². The summed E-state index contributed by atoms with van der Waals surface area (Å²) in [6.07, 6.45) is 0.549. The first kappa shape index (κ1) is 15.1. The summed E-state index contributed by atoms with van der Waals surface area (Å²) in [4.78, 5) is 21.3. The van der Waals surface area contributed by atoms with E-state index in [1.165, 1.54) is 0 Å². The summed E-state index contributed by atoms with van der Waals surface area (Å²) in [6, 6.07) is -0.227. The van der Waals surface area contributed by atoms with Gasteiger partial charge in [-0.05, 0) is 11.7 Å². The van der Waals surface area contributed by atoms with E-state index in [9.17, 15) is 9.59 Å². The Kier molecular flexibility index (Phi) is 8.80. The molecule has 0 aliphatic heterocycles. The minimum atomic E-state index is -0.837. The van der Waals surface area contributed by atoms with Crippen LogP contribution in [0.15, 0.2) is 0 Å². The average molecular weight is 248 g/mol. The number of nitrogens with one attached hydrogen (secondary N) is 2. The summed E-state index contributed by atoms with van der Waals surface area (Å²) in [6.45, 7) is 5.25. The Bertz CT molecular complexity index is 222. The molecule has 94 valence electrons. The topological polar surface area (TPSA) is 78.4 Å². The van der Waals surface area contributed by atoms with Crippen LogP contribution >= 0.6 is 11.8 Å². The van der Waals surface area contributed by atoms with Crippen LogP contribution in [0.5, 0.6) is 0 Å².